The third kappa shape index (κ3) is 7.58. The highest BCUT2D eigenvalue weighted by Gasteiger charge is 2.05. The zero-order chi connectivity index (χ0) is 26.1. The quantitative estimate of drug-likeness (QED) is 0.204. The van der Waals surface area contributed by atoms with E-state index in [1.54, 1.807) is 68.4 Å². The van der Waals surface area contributed by atoms with E-state index < -0.39 is 17.8 Å². The number of benzene rings is 3. The molecule has 5 heteroatoms. The maximum Gasteiger partial charge on any atom is 0.338 e. The Bertz CT molecular complexity index is 1460. The van der Waals surface area contributed by atoms with Gasteiger partial charge in [0.2, 0.25) is 0 Å². The number of carbonyl (C=O) groups excluding carboxylic acids is 2. The first kappa shape index (κ1) is 25.7. The summed E-state index contributed by atoms with van der Waals surface area (Å²) in [7, 11) is 0. The normalized spacial score (nSPS) is 9.64. The Hall–Kier alpha value is -4.87. The van der Waals surface area contributed by atoms with Gasteiger partial charge in [0, 0.05) is 27.8 Å². The molecule has 0 aromatic heterocycles. The predicted molar refractivity (Wildman–Crippen MR) is 136 cm³/mol. The number of halogens is 1. The molecule has 178 valence electrons. The molecule has 0 unspecified atom stereocenters. The Morgan fingerprint density at radius 1 is 0.778 bits per heavy atom. The lowest BCUT2D eigenvalue weighted by Crippen LogP contribution is -2.07. The van der Waals surface area contributed by atoms with Gasteiger partial charge in [-0.2, -0.15) is 0 Å². The molecule has 3 aromatic carbocycles. The minimum atomic E-state index is -0.496. The van der Waals surface area contributed by atoms with Crippen molar-refractivity contribution < 1.29 is 23.5 Å². The van der Waals surface area contributed by atoms with Crippen LogP contribution in [0.5, 0.6) is 5.75 Å². The Balaban J connectivity index is 1.67. The summed E-state index contributed by atoms with van der Waals surface area (Å²) in [4.78, 5) is 23.1. The van der Waals surface area contributed by atoms with E-state index in [-0.39, 0.29) is 12.2 Å². The number of hydrogen-bond acceptors (Lipinski definition) is 4. The molecule has 0 bridgehead atoms. The van der Waals surface area contributed by atoms with E-state index in [1.165, 1.54) is 6.07 Å². The number of carbonyl (C=O) groups is 2. The SMILES string of the molecule is C=C(C)C(=O)OCc1cccc(C#Cc2ccc(C#Cc3ccc(OC(=O)C(=C)C)cc3)cc2F)c1. The summed E-state index contributed by atoms with van der Waals surface area (Å²) in [5.41, 5.74) is 3.49. The van der Waals surface area contributed by atoms with Crippen LogP contribution in [-0.2, 0) is 20.9 Å². The van der Waals surface area contributed by atoms with Crippen molar-refractivity contribution in [1.82, 2.24) is 0 Å². The maximum atomic E-state index is 14.6. The first-order valence-electron chi connectivity index (χ1n) is 10.9. The zero-order valence-electron chi connectivity index (χ0n) is 20.0. The molecule has 36 heavy (non-hydrogen) atoms. The molecule has 0 radical (unpaired) electrons. The van der Waals surface area contributed by atoms with Crippen LogP contribution in [0.25, 0.3) is 0 Å². The largest absolute Gasteiger partial charge is 0.457 e. The number of rotatable bonds is 5. The lowest BCUT2D eigenvalue weighted by Gasteiger charge is -2.04. The van der Waals surface area contributed by atoms with Crippen molar-refractivity contribution in [2.45, 2.75) is 20.5 Å². The van der Waals surface area contributed by atoms with Gasteiger partial charge in [0.25, 0.3) is 0 Å². The summed E-state index contributed by atoms with van der Waals surface area (Å²) < 4.78 is 24.9. The maximum absolute atomic E-state index is 14.6. The van der Waals surface area contributed by atoms with Gasteiger partial charge in [-0.15, -0.1) is 0 Å². The van der Waals surface area contributed by atoms with Crippen LogP contribution in [0, 0.1) is 29.5 Å². The van der Waals surface area contributed by atoms with Crippen LogP contribution in [0.15, 0.2) is 91.0 Å². The van der Waals surface area contributed by atoms with Gasteiger partial charge >= 0.3 is 11.9 Å². The molecule has 0 N–H and O–H groups in total. The average Bonchev–Trinajstić information content (AvgIpc) is 2.86. The lowest BCUT2D eigenvalue weighted by atomic mass is 10.1. The molecule has 0 fully saturated rings. The molecule has 3 rings (SSSR count). The summed E-state index contributed by atoms with van der Waals surface area (Å²) in [5.74, 6) is 10.6. The molecular formula is C31H23FO4. The molecule has 0 atom stereocenters. The summed E-state index contributed by atoms with van der Waals surface area (Å²) in [6.45, 7) is 10.3. The van der Waals surface area contributed by atoms with Gasteiger partial charge < -0.3 is 9.47 Å². The molecule has 0 saturated carbocycles. The van der Waals surface area contributed by atoms with E-state index in [0.717, 1.165) is 5.56 Å². The van der Waals surface area contributed by atoms with Gasteiger partial charge in [0.1, 0.15) is 18.2 Å². The van der Waals surface area contributed by atoms with E-state index in [1.807, 2.05) is 6.07 Å². The molecule has 0 heterocycles. The minimum Gasteiger partial charge on any atom is -0.457 e. The van der Waals surface area contributed by atoms with Gasteiger partial charge in [-0.25, -0.2) is 14.0 Å². The van der Waals surface area contributed by atoms with Crippen LogP contribution in [0.3, 0.4) is 0 Å². The lowest BCUT2D eigenvalue weighted by molar-refractivity contribution is -0.140. The smallest absolute Gasteiger partial charge is 0.338 e. The Labute approximate surface area is 210 Å². The first-order chi connectivity index (χ1) is 17.2. The van der Waals surface area contributed by atoms with Crippen LogP contribution < -0.4 is 4.74 Å². The van der Waals surface area contributed by atoms with Crippen LogP contribution >= 0.6 is 0 Å². The molecular weight excluding hydrogens is 455 g/mol. The van der Waals surface area contributed by atoms with Crippen molar-refractivity contribution in [1.29, 1.82) is 0 Å². The molecule has 4 nitrogen and oxygen atoms in total. The fourth-order valence-electron chi connectivity index (χ4n) is 2.79. The molecule has 0 aliphatic rings. The van der Waals surface area contributed by atoms with Crippen LogP contribution in [0.4, 0.5) is 4.39 Å². The summed E-state index contributed by atoms with van der Waals surface area (Å²) in [5, 5.41) is 0. The average molecular weight is 479 g/mol. The monoisotopic (exact) mass is 478 g/mol. The summed E-state index contributed by atoms with van der Waals surface area (Å²) in [6.07, 6.45) is 0. The predicted octanol–water partition coefficient (Wildman–Crippen LogP) is 5.73. The molecule has 0 spiro atoms. The molecule has 0 aliphatic carbocycles. The van der Waals surface area contributed by atoms with Gasteiger partial charge in [0.05, 0.1) is 5.56 Å². The van der Waals surface area contributed by atoms with Crippen LogP contribution in [-0.4, -0.2) is 11.9 Å². The standard InChI is InChI=1S/C31H23FO4/c1-21(2)30(33)35-20-26-7-5-6-24(18-26)10-14-27-15-11-25(19-29(27)32)9-8-23-12-16-28(17-13-23)36-31(34)22(3)4/h5-7,11-13,15-19H,1,3,20H2,2,4H3. The van der Waals surface area contributed by atoms with Crippen molar-refractivity contribution in [2.75, 3.05) is 0 Å². The second kappa shape index (κ2) is 12.0. The highest BCUT2D eigenvalue weighted by molar-refractivity contribution is 5.88. The van der Waals surface area contributed by atoms with Crippen molar-refractivity contribution in [3.63, 3.8) is 0 Å². The molecule has 0 saturated heterocycles. The van der Waals surface area contributed by atoms with E-state index >= 15 is 0 Å². The third-order valence-corrected chi connectivity index (χ3v) is 4.72. The van der Waals surface area contributed by atoms with Gasteiger partial charge in [0.15, 0.2) is 0 Å². The van der Waals surface area contributed by atoms with E-state index in [4.69, 9.17) is 9.47 Å². The van der Waals surface area contributed by atoms with Crippen molar-refractivity contribution in [3.05, 3.63) is 125 Å². The number of hydrogen-bond donors (Lipinski definition) is 0. The van der Waals surface area contributed by atoms with Crippen molar-refractivity contribution in [2.24, 2.45) is 0 Å². The topological polar surface area (TPSA) is 52.6 Å². The second-order valence-corrected chi connectivity index (χ2v) is 7.95. The van der Waals surface area contributed by atoms with Gasteiger partial charge in [-0.3, -0.25) is 0 Å². The third-order valence-electron chi connectivity index (χ3n) is 4.72. The van der Waals surface area contributed by atoms with Crippen molar-refractivity contribution in [3.8, 4) is 29.4 Å². The number of ether oxygens (including phenoxy) is 2. The molecule has 0 aliphatic heterocycles. The van der Waals surface area contributed by atoms with E-state index in [0.29, 0.717) is 33.6 Å². The minimum absolute atomic E-state index is 0.102. The Morgan fingerprint density at radius 3 is 2.06 bits per heavy atom. The van der Waals surface area contributed by atoms with Crippen LogP contribution in [0.1, 0.15) is 41.7 Å². The van der Waals surface area contributed by atoms with Crippen molar-refractivity contribution >= 4 is 11.9 Å². The highest BCUT2D eigenvalue weighted by atomic mass is 19.1. The molecule has 3 aromatic rings. The second-order valence-electron chi connectivity index (χ2n) is 7.95. The zero-order valence-corrected chi connectivity index (χ0v) is 20.0. The van der Waals surface area contributed by atoms with E-state index in [9.17, 15) is 14.0 Å². The van der Waals surface area contributed by atoms with Gasteiger partial charge in [-0.05, 0) is 74.0 Å². The number of esters is 2. The van der Waals surface area contributed by atoms with Crippen LogP contribution in [0.2, 0.25) is 0 Å². The first-order valence-corrected chi connectivity index (χ1v) is 10.9. The molecule has 0 amide bonds. The Morgan fingerprint density at radius 2 is 1.39 bits per heavy atom. The fraction of sp³-hybridized carbons (Fsp3) is 0.0968. The summed E-state index contributed by atoms with van der Waals surface area (Å²) in [6, 6.07) is 18.4. The highest BCUT2D eigenvalue weighted by Crippen LogP contribution is 2.14. The Kier molecular flexibility index (Phi) is 8.59. The van der Waals surface area contributed by atoms with Gasteiger partial charge in [-0.1, -0.05) is 49.0 Å². The summed E-state index contributed by atoms with van der Waals surface area (Å²) >= 11 is 0. The van der Waals surface area contributed by atoms with E-state index in [2.05, 4.69) is 36.8 Å². The fourth-order valence-corrected chi connectivity index (χ4v) is 2.79.